The van der Waals surface area contributed by atoms with E-state index in [1.165, 1.54) is 5.56 Å². The van der Waals surface area contributed by atoms with Crippen LogP contribution < -0.4 is 20.3 Å². The van der Waals surface area contributed by atoms with Crippen molar-refractivity contribution in [3.8, 4) is 5.75 Å². The molecule has 1 aromatic carbocycles. The van der Waals surface area contributed by atoms with Gasteiger partial charge in [0, 0.05) is 32.4 Å². The molecule has 7 heteroatoms. The van der Waals surface area contributed by atoms with Crippen molar-refractivity contribution in [1.82, 2.24) is 15.6 Å². The lowest BCUT2D eigenvalue weighted by molar-refractivity contribution is 0.321. The number of aryl methyl sites for hydroxylation is 1. The van der Waals surface area contributed by atoms with Crippen molar-refractivity contribution in [3.05, 3.63) is 53.2 Å². The normalized spacial score (nSPS) is 17.1. The van der Waals surface area contributed by atoms with Crippen molar-refractivity contribution in [2.45, 2.75) is 19.4 Å². The van der Waals surface area contributed by atoms with E-state index in [9.17, 15) is 0 Å². The van der Waals surface area contributed by atoms with Gasteiger partial charge in [0.05, 0.1) is 11.6 Å². The Bertz CT molecular complexity index is 782. The maximum Gasteiger partial charge on any atom is 0.191 e. The Balaban J connectivity index is 1.42. The van der Waals surface area contributed by atoms with Gasteiger partial charge < -0.3 is 20.3 Å². The van der Waals surface area contributed by atoms with Crippen molar-refractivity contribution in [2.24, 2.45) is 4.99 Å². The Morgan fingerprint density at radius 1 is 1.37 bits per heavy atom. The summed E-state index contributed by atoms with van der Waals surface area (Å²) in [6.45, 7) is 5.07. The third-order valence-electron chi connectivity index (χ3n) is 4.44. The van der Waals surface area contributed by atoms with E-state index in [1.807, 2.05) is 30.3 Å². The molecule has 0 radical (unpaired) electrons. The maximum absolute atomic E-state index is 6.26. The molecule has 1 saturated heterocycles. The van der Waals surface area contributed by atoms with E-state index in [-0.39, 0.29) is 0 Å². The second kappa shape index (κ2) is 9.46. The average molecular weight is 388 g/mol. The predicted molar refractivity (Wildman–Crippen MR) is 111 cm³/mol. The zero-order valence-corrected chi connectivity index (χ0v) is 16.5. The second-order valence-corrected chi connectivity index (χ2v) is 6.96. The summed E-state index contributed by atoms with van der Waals surface area (Å²) in [6, 6.07) is 12.1. The van der Waals surface area contributed by atoms with Crippen LogP contribution in [0.4, 0.5) is 5.82 Å². The number of anilines is 1. The van der Waals surface area contributed by atoms with Gasteiger partial charge in [0.15, 0.2) is 5.96 Å². The minimum atomic E-state index is 0.298. The van der Waals surface area contributed by atoms with Gasteiger partial charge in [-0.1, -0.05) is 23.7 Å². The fourth-order valence-corrected chi connectivity index (χ4v) is 3.35. The van der Waals surface area contributed by atoms with Crippen LogP contribution in [0.15, 0.2) is 47.6 Å². The first-order valence-corrected chi connectivity index (χ1v) is 9.55. The molecule has 144 valence electrons. The van der Waals surface area contributed by atoms with Crippen LogP contribution in [-0.4, -0.2) is 50.3 Å². The molecule has 1 aliphatic rings. The van der Waals surface area contributed by atoms with Crippen LogP contribution >= 0.6 is 11.6 Å². The minimum absolute atomic E-state index is 0.298. The lowest BCUT2D eigenvalue weighted by Crippen LogP contribution is -2.45. The van der Waals surface area contributed by atoms with E-state index in [1.54, 1.807) is 13.2 Å². The molecule has 0 bridgehead atoms. The summed E-state index contributed by atoms with van der Waals surface area (Å²) in [5.41, 5.74) is 1.19. The highest BCUT2D eigenvalue weighted by molar-refractivity contribution is 6.32. The molecule has 2 aromatic rings. The second-order valence-electron chi connectivity index (χ2n) is 6.55. The topological polar surface area (TPSA) is 61.8 Å². The van der Waals surface area contributed by atoms with Gasteiger partial charge in [-0.2, -0.15) is 0 Å². The smallest absolute Gasteiger partial charge is 0.191 e. The Morgan fingerprint density at radius 3 is 3.04 bits per heavy atom. The van der Waals surface area contributed by atoms with Crippen LogP contribution in [0.5, 0.6) is 5.75 Å². The standard InChI is InChI=1S/C20H26ClN5O/c1-15-5-3-6-17(13-15)27-12-10-24-20(22-2)25-16-8-11-26(14-16)19-18(21)7-4-9-23-19/h3-7,9,13,16H,8,10-12,14H2,1-2H3,(H2,22,24,25). The summed E-state index contributed by atoms with van der Waals surface area (Å²) >= 11 is 6.26. The number of benzene rings is 1. The average Bonchev–Trinajstić information content (AvgIpc) is 3.13. The molecule has 0 aliphatic carbocycles. The highest BCUT2D eigenvalue weighted by Gasteiger charge is 2.25. The summed E-state index contributed by atoms with van der Waals surface area (Å²) in [5, 5.41) is 7.45. The number of ether oxygens (including phenoxy) is 1. The van der Waals surface area contributed by atoms with Crippen molar-refractivity contribution < 1.29 is 4.74 Å². The molecule has 0 spiro atoms. The molecule has 1 aromatic heterocycles. The van der Waals surface area contributed by atoms with Gasteiger partial charge in [-0.05, 0) is 43.2 Å². The van der Waals surface area contributed by atoms with Crippen LogP contribution in [0.3, 0.4) is 0 Å². The first-order valence-electron chi connectivity index (χ1n) is 9.18. The number of guanidine groups is 1. The summed E-state index contributed by atoms with van der Waals surface area (Å²) in [6.07, 6.45) is 2.78. The van der Waals surface area contributed by atoms with Gasteiger partial charge in [-0.3, -0.25) is 4.99 Å². The van der Waals surface area contributed by atoms with Gasteiger partial charge >= 0.3 is 0 Å². The molecule has 1 unspecified atom stereocenters. The van der Waals surface area contributed by atoms with Crippen molar-refractivity contribution in [1.29, 1.82) is 0 Å². The van der Waals surface area contributed by atoms with Gasteiger partial charge in [0.1, 0.15) is 18.2 Å². The fourth-order valence-electron chi connectivity index (χ4n) is 3.11. The summed E-state index contributed by atoms with van der Waals surface area (Å²) in [5.74, 6) is 2.51. The van der Waals surface area contributed by atoms with E-state index >= 15 is 0 Å². The van der Waals surface area contributed by atoms with Gasteiger partial charge in [0.2, 0.25) is 0 Å². The van der Waals surface area contributed by atoms with E-state index < -0.39 is 0 Å². The fraction of sp³-hybridized carbons (Fsp3) is 0.400. The number of nitrogens with one attached hydrogen (secondary N) is 2. The first kappa shape index (κ1) is 19.3. The molecule has 0 saturated carbocycles. The highest BCUT2D eigenvalue weighted by Crippen LogP contribution is 2.25. The van der Waals surface area contributed by atoms with Crippen LogP contribution in [0.2, 0.25) is 5.02 Å². The number of aliphatic imine (C=N–C) groups is 1. The summed E-state index contributed by atoms with van der Waals surface area (Å²) in [4.78, 5) is 10.9. The molecule has 2 heterocycles. The largest absolute Gasteiger partial charge is 0.492 e. The molecular formula is C20H26ClN5O. The van der Waals surface area contributed by atoms with Crippen LogP contribution in [0.1, 0.15) is 12.0 Å². The molecule has 1 fully saturated rings. The molecule has 2 N–H and O–H groups in total. The number of halogens is 1. The van der Waals surface area contributed by atoms with E-state index in [0.717, 1.165) is 37.0 Å². The molecule has 1 aliphatic heterocycles. The van der Waals surface area contributed by atoms with E-state index in [2.05, 4.69) is 38.5 Å². The van der Waals surface area contributed by atoms with Gasteiger partial charge in [-0.15, -0.1) is 0 Å². The molecule has 0 amide bonds. The van der Waals surface area contributed by atoms with Crippen molar-refractivity contribution in [3.63, 3.8) is 0 Å². The Kier molecular flexibility index (Phi) is 6.76. The number of hydrogen-bond donors (Lipinski definition) is 2. The Labute approximate surface area is 165 Å². The summed E-state index contributed by atoms with van der Waals surface area (Å²) < 4.78 is 5.76. The van der Waals surface area contributed by atoms with Crippen molar-refractivity contribution >= 4 is 23.4 Å². The van der Waals surface area contributed by atoms with Crippen LogP contribution in [0.25, 0.3) is 0 Å². The number of pyridine rings is 1. The zero-order chi connectivity index (χ0) is 19.1. The van der Waals surface area contributed by atoms with Crippen LogP contribution in [0, 0.1) is 6.92 Å². The number of aromatic nitrogens is 1. The quantitative estimate of drug-likeness (QED) is 0.453. The monoisotopic (exact) mass is 387 g/mol. The maximum atomic E-state index is 6.26. The van der Waals surface area contributed by atoms with Gasteiger partial charge in [0.25, 0.3) is 0 Å². The minimum Gasteiger partial charge on any atom is -0.492 e. The van der Waals surface area contributed by atoms with E-state index in [0.29, 0.717) is 24.2 Å². The first-order chi connectivity index (χ1) is 13.2. The molecule has 1 atom stereocenters. The molecular weight excluding hydrogens is 362 g/mol. The van der Waals surface area contributed by atoms with Crippen LogP contribution in [-0.2, 0) is 0 Å². The number of nitrogens with zero attached hydrogens (tertiary/aromatic N) is 3. The summed E-state index contributed by atoms with van der Waals surface area (Å²) in [7, 11) is 1.78. The van der Waals surface area contributed by atoms with E-state index in [4.69, 9.17) is 16.3 Å². The SMILES string of the molecule is CN=C(NCCOc1cccc(C)c1)NC1CCN(c2ncccc2Cl)C1. The number of hydrogen-bond acceptors (Lipinski definition) is 4. The lowest BCUT2D eigenvalue weighted by Gasteiger charge is -2.20. The van der Waals surface area contributed by atoms with Crippen molar-refractivity contribution in [2.75, 3.05) is 38.2 Å². The zero-order valence-electron chi connectivity index (χ0n) is 15.8. The highest BCUT2D eigenvalue weighted by atomic mass is 35.5. The molecule has 27 heavy (non-hydrogen) atoms. The molecule has 3 rings (SSSR count). The predicted octanol–water partition coefficient (Wildman–Crippen LogP) is 2.87. The Hall–Kier alpha value is -2.47. The Morgan fingerprint density at radius 2 is 2.26 bits per heavy atom. The molecule has 6 nitrogen and oxygen atoms in total. The number of rotatable bonds is 6. The third kappa shape index (κ3) is 5.50. The van der Waals surface area contributed by atoms with Gasteiger partial charge in [-0.25, -0.2) is 4.98 Å². The third-order valence-corrected chi connectivity index (χ3v) is 4.74. The lowest BCUT2D eigenvalue weighted by atomic mass is 10.2.